The van der Waals surface area contributed by atoms with Gasteiger partial charge in [0.05, 0.1) is 17.7 Å². The zero-order chi connectivity index (χ0) is 15.4. The van der Waals surface area contributed by atoms with Crippen LogP contribution in [0.2, 0.25) is 0 Å². The lowest BCUT2D eigenvalue weighted by atomic mass is 10.1. The summed E-state index contributed by atoms with van der Waals surface area (Å²) in [6.07, 6.45) is 5.41. The quantitative estimate of drug-likeness (QED) is 0.794. The molecule has 2 heterocycles. The molecule has 4 heteroatoms. The van der Waals surface area contributed by atoms with Gasteiger partial charge in [-0.3, -0.25) is 4.98 Å². The van der Waals surface area contributed by atoms with Crippen LogP contribution in [0.4, 0.5) is 0 Å². The van der Waals surface area contributed by atoms with E-state index in [0.29, 0.717) is 17.9 Å². The van der Waals surface area contributed by atoms with Crippen molar-refractivity contribution in [2.45, 2.75) is 26.2 Å². The van der Waals surface area contributed by atoms with Crippen LogP contribution in [0.3, 0.4) is 0 Å². The minimum absolute atomic E-state index is 0.588. The Morgan fingerprint density at radius 3 is 2.91 bits per heavy atom. The smallest absolute Gasteiger partial charge is 0.139 e. The summed E-state index contributed by atoms with van der Waals surface area (Å²) in [5.74, 6) is 0.648. The van der Waals surface area contributed by atoms with Crippen molar-refractivity contribution in [2.75, 3.05) is 26.2 Å². The summed E-state index contributed by atoms with van der Waals surface area (Å²) in [7, 11) is 0. The maximum absolute atomic E-state index is 9.34. The van der Waals surface area contributed by atoms with Gasteiger partial charge in [-0.25, -0.2) is 0 Å². The van der Waals surface area contributed by atoms with Gasteiger partial charge in [0.2, 0.25) is 0 Å². The summed E-state index contributed by atoms with van der Waals surface area (Å²) in [5, 5.41) is 10.4. The number of hydrogen-bond donors (Lipinski definition) is 0. The normalized spacial score (nSPS) is 15.1. The highest BCUT2D eigenvalue weighted by atomic mass is 16.5. The molecule has 0 spiro atoms. The summed E-state index contributed by atoms with van der Waals surface area (Å²) in [6.45, 7) is 6.17. The summed E-state index contributed by atoms with van der Waals surface area (Å²) < 4.78 is 5.85. The lowest BCUT2D eigenvalue weighted by molar-refractivity contribution is 0.263. The van der Waals surface area contributed by atoms with E-state index >= 15 is 0 Å². The molecule has 2 aromatic rings. The second-order valence-electron chi connectivity index (χ2n) is 5.86. The fourth-order valence-electron chi connectivity index (χ4n) is 2.99. The first kappa shape index (κ1) is 14.8. The van der Waals surface area contributed by atoms with Crippen LogP contribution in [0.25, 0.3) is 10.9 Å². The monoisotopic (exact) mass is 295 g/mol. The Bertz CT molecular complexity index is 699. The van der Waals surface area contributed by atoms with Gasteiger partial charge in [-0.05, 0) is 57.0 Å². The second kappa shape index (κ2) is 6.76. The number of hydrogen-bond acceptors (Lipinski definition) is 4. The molecule has 1 fully saturated rings. The van der Waals surface area contributed by atoms with Crippen molar-refractivity contribution >= 4 is 10.9 Å². The number of aryl methyl sites for hydroxylation is 1. The van der Waals surface area contributed by atoms with Crippen molar-refractivity contribution in [3.8, 4) is 11.8 Å². The lowest BCUT2D eigenvalue weighted by Crippen LogP contribution is -2.22. The molecule has 114 valence electrons. The van der Waals surface area contributed by atoms with Crippen molar-refractivity contribution in [1.82, 2.24) is 9.88 Å². The Morgan fingerprint density at radius 1 is 1.32 bits per heavy atom. The van der Waals surface area contributed by atoms with Crippen LogP contribution in [0.15, 0.2) is 24.4 Å². The standard InChI is InChI=1S/C18H21N3O/c1-14-5-6-20-17-12-18(15(13-19)11-16(14)17)22-10-4-9-21-7-2-3-8-21/h5-6,11-12H,2-4,7-10H2,1H3. The molecule has 0 radical (unpaired) electrons. The summed E-state index contributed by atoms with van der Waals surface area (Å²) in [5.41, 5.74) is 2.60. The predicted molar refractivity (Wildman–Crippen MR) is 87.0 cm³/mol. The molecule has 0 N–H and O–H groups in total. The number of nitrogens with zero attached hydrogens (tertiary/aromatic N) is 3. The highest BCUT2D eigenvalue weighted by Gasteiger charge is 2.11. The first-order chi connectivity index (χ1) is 10.8. The SMILES string of the molecule is Cc1ccnc2cc(OCCCN3CCCC3)c(C#N)cc12. The molecule has 0 saturated carbocycles. The predicted octanol–water partition coefficient (Wildman–Crippen LogP) is 3.28. The molecule has 1 aliphatic heterocycles. The highest BCUT2D eigenvalue weighted by Crippen LogP contribution is 2.26. The third-order valence-corrected chi connectivity index (χ3v) is 4.26. The minimum Gasteiger partial charge on any atom is -0.492 e. The van der Waals surface area contributed by atoms with Crippen LogP contribution in [-0.4, -0.2) is 36.1 Å². The van der Waals surface area contributed by atoms with Gasteiger partial charge in [-0.2, -0.15) is 5.26 Å². The number of benzene rings is 1. The number of aromatic nitrogens is 1. The molecule has 1 aromatic heterocycles. The van der Waals surface area contributed by atoms with E-state index in [9.17, 15) is 5.26 Å². The van der Waals surface area contributed by atoms with Crippen LogP contribution in [0.5, 0.6) is 5.75 Å². The Hall–Kier alpha value is -2.12. The largest absolute Gasteiger partial charge is 0.492 e. The summed E-state index contributed by atoms with van der Waals surface area (Å²) in [6, 6.07) is 7.96. The minimum atomic E-state index is 0.588. The van der Waals surface area contributed by atoms with Gasteiger partial charge in [-0.1, -0.05) is 0 Å². The van der Waals surface area contributed by atoms with Crippen molar-refractivity contribution in [1.29, 1.82) is 5.26 Å². The van der Waals surface area contributed by atoms with Crippen molar-refractivity contribution in [3.05, 3.63) is 35.5 Å². The van der Waals surface area contributed by atoms with E-state index in [-0.39, 0.29) is 0 Å². The Morgan fingerprint density at radius 2 is 2.14 bits per heavy atom. The number of fused-ring (bicyclic) bond motifs is 1. The van der Waals surface area contributed by atoms with E-state index in [4.69, 9.17) is 4.74 Å². The van der Waals surface area contributed by atoms with Crippen LogP contribution >= 0.6 is 0 Å². The molecule has 22 heavy (non-hydrogen) atoms. The molecule has 0 unspecified atom stereocenters. The van der Waals surface area contributed by atoms with Crippen LogP contribution in [-0.2, 0) is 0 Å². The second-order valence-corrected chi connectivity index (χ2v) is 5.86. The number of nitriles is 1. The Kier molecular flexibility index (Phi) is 4.55. The number of ether oxygens (including phenoxy) is 1. The maximum Gasteiger partial charge on any atom is 0.139 e. The highest BCUT2D eigenvalue weighted by molar-refractivity contribution is 5.85. The summed E-state index contributed by atoms with van der Waals surface area (Å²) in [4.78, 5) is 6.84. The topological polar surface area (TPSA) is 49.1 Å². The molecule has 1 aromatic carbocycles. The average Bonchev–Trinajstić information content (AvgIpc) is 3.04. The zero-order valence-electron chi connectivity index (χ0n) is 13.0. The van der Waals surface area contributed by atoms with Gasteiger partial charge < -0.3 is 9.64 Å². The fourth-order valence-corrected chi connectivity index (χ4v) is 2.99. The van der Waals surface area contributed by atoms with Gasteiger partial charge >= 0.3 is 0 Å². The fraction of sp³-hybridized carbons (Fsp3) is 0.444. The molecule has 0 atom stereocenters. The van der Waals surface area contributed by atoms with Crippen LogP contribution < -0.4 is 4.74 Å². The zero-order valence-corrected chi connectivity index (χ0v) is 13.0. The molecular formula is C18H21N3O. The molecule has 0 aliphatic carbocycles. The van der Waals surface area contributed by atoms with E-state index in [2.05, 4.69) is 16.0 Å². The van der Waals surface area contributed by atoms with Gasteiger partial charge in [0.25, 0.3) is 0 Å². The van der Waals surface area contributed by atoms with Crippen molar-refractivity contribution < 1.29 is 4.74 Å². The van der Waals surface area contributed by atoms with Crippen molar-refractivity contribution in [2.24, 2.45) is 0 Å². The first-order valence-corrected chi connectivity index (χ1v) is 7.92. The molecule has 0 amide bonds. The number of rotatable bonds is 5. The van der Waals surface area contributed by atoms with E-state index in [1.165, 1.54) is 25.9 Å². The Balaban J connectivity index is 1.68. The maximum atomic E-state index is 9.34. The van der Waals surface area contributed by atoms with Gasteiger partial charge in [0.15, 0.2) is 0 Å². The number of pyridine rings is 1. The molecule has 0 bridgehead atoms. The average molecular weight is 295 g/mol. The van der Waals surface area contributed by atoms with E-state index in [1.54, 1.807) is 6.20 Å². The van der Waals surface area contributed by atoms with E-state index < -0.39 is 0 Å². The van der Waals surface area contributed by atoms with Crippen LogP contribution in [0.1, 0.15) is 30.4 Å². The number of likely N-dealkylation sites (tertiary alicyclic amines) is 1. The van der Waals surface area contributed by atoms with Crippen molar-refractivity contribution in [3.63, 3.8) is 0 Å². The van der Waals surface area contributed by atoms with Gasteiger partial charge in [0.1, 0.15) is 11.8 Å². The molecular weight excluding hydrogens is 274 g/mol. The third-order valence-electron chi connectivity index (χ3n) is 4.26. The van der Waals surface area contributed by atoms with Gasteiger partial charge in [0, 0.05) is 24.2 Å². The molecule has 1 saturated heterocycles. The molecule has 1 aliphatic rings. The summed E-state index contributed by atoms with van der Waals surface area (Å²) >= 11 is 0. The molecule has 4 nitrogen and oxygen atoms in total. The Labute approximate surface area is 131 Å². The van der Waals surface area contributed by atoms with Crippen LogP contribution in [0, 0.1) is 18.3 Å². The first-order valence-electron chi connectivity index (χ1n) is 7.92. The third kappa shape index (κ3) is 3.20. The van der Waals surface area contributed by atoms with E-state index in [1.807, 2.05) is 25.1 Å². The van der Waals surface area contributed by atoms with E-state index in [0.717, 1.165) is 29.4 Å². The molecule has 3 rings (SSSR count). The lowest BCUT2D eigenvalue weighted by Gasteiger charge is -2.15. The van der Waals surface area contributed by atoms with Gasteiger partial charge in [-0.15, -0.1) is 0 Å².